The van der Waals surface area contributed by atoms with Gasteiger partial charge in [-0.3, -0.25) is 0 Å². The topological polar surface area (TPSA) is 29.5 Å². The Hall–Kier alpha value is -0.0800. The van der Waals surface area contributed by atoms with Crippen LogP contribution in [0.4, 0.5) is 0 Å². The molecule has 0 aromatic carbocycles. The number of aliphatic hydroxyl groups is 1. The van der Waals surface area contributed by atoms with Gasteiger partial charge in [0.2, 0.25) is 0 Å². The summed E-state index contributed by atoms with van der Waals surface area (Å²) in [7, 11) is 1.58. The highest BCUT2D eigenvalue weighted by Crippen LogP contribution is 2.09. The lowest BCUT2D eigenvalue weighted by Crippen LogP contribution is -2.24. The van der Waals surface area contributed by atoms with E-state index >= 15 is 0 Å². The van der Waals surface area contributed by atoms with Crippen LogP contribution >= 0.6 is 0 Å². The van der Waals surface area contributed by atoms with Gasteiger partial charge in [-0.15, -0.1) is 0 Å². The molecule has 1 N–H and O–H groups in total. The van der Waals surface area contributed by atoms with E-state index in [0.717, 1.165) is 12.8 Å². The van der Waals surface area contributed by atoms with Crippen molar-refractivity contribution >= 4 is 0 Å². The van der Waals surface area contributed by atoms with E-state index in [1.54, 1.807) is 7.11 Å². The minimum Gasteiger partial charge on any atom is -0.390 e. The maximum atomic E-state index is 9.43. The van der Waals surface area contributed by atoms with Gasteiger partial charge in [-0.05, 0) is 13.3 Å². The summed E-state index contributed by atoms with van der Waals surface area (Å²) in [6.07, 6.45) is 4.89. The summed E-state index contributed by atoms with van der Waals surface area (Å²) >= 11 is 0. The molecule has 0 aliphatic rings. The molecular formula is C10H21O2. The third-order valence-corrected chi connectivity index (χ3v) is 2.09. The van der Waals surface area contributed by atoms with Crippen molar-refractivity contribution in [1.29, 1.82) is 0 Å². The van der Waals surface area contributed by atoms with Gasteiger partial charge >= 0.3 is 0 Å². The third-order valence-electron chi connectivity index (χ3n) is 2.09. The molecule has 0 fully saturated rings. The molecule has 0 aromatic rings. The summed E-state index contributed by atoms with van der Waals surface area (Å²) in [6, 6.07) is 0. The van der Waals surface area contributed by atoms with Crippen LogP contribution in [0.15, 0.2) is 0 Å². The molecule has 2 heteroatoms. The molecule has 0 spiro atoms. The summed E-state index contributed by atoms with van der Waals surface area (Å²) in [6.45, 7) is 5.86. The molecule has 1 radical (unpaired) electrons. The summed E-state index contributed by atoms with van der Waals surface area (Å²) < 4.78 is 4.91. The van der Waals surface area contributed by atoms with Crippen LogP contribution in [0.1, 0.15) is 39.0 Å². The Balaban J connectivity index is 3.24. The van der Waals surface area contributed by atoms with Crippen molar-refractivity contribution in [2.45, 2.75) is 51.2 Å². The minimum atomic E-state index is -0.396. The van der Waals surface area contributed by atoms with Crippen LogP contribution in [0.3, 0.4) is 0 Å². The van der Waals surface area contributed by atoms with Gasteiger partial charge in [-0.1, -0.05) is 32.6 Å². The number of rotatable bonds is 7. The Labute approximate surface area is 75.9 Å². The largest absolute Gasteiger partial charge is 0.390 e. The van der Waals surface area contributed by atoms with Gasteiger partial charge in [0.15, 0.2) is 0 Å². The van der Waals surface area contributed by atoms with E-state index in [9.17, 15) is 5.11 Å². The summed E-state index contributed by atoms with van der Waals surface area (Å²) in [5.41, 5.74) is 0. The van der Waals surface area contributed by atoms with Crippen molar-refractivity contribution in [3.05, 3.63) is 6.92 Å². The van der Waals surface area contributed by atoms with Crippen molar-refractivity contribution in [3.63, 3.8) is 0 Å². The minimum absolute atomic E-state index is 0.272. The van der Waals surface area contributed by atoms with Crippen LogP contribution in [0, 0.1) is 6.92 Å². The summed E-state index contributed by atoms with van der Waals surface area (Å²) in [4.78, 5) is 0. The first kappa shape index (κ1) is 11.9. The quantitative estimate of drug-likeness (QED) is 0.598. The molecule has 0 aromatic heterocycles. The van der Waals surface area contributed by atoms with Crippen LogP contribution in [-0.2, 0) is 4.74 Å². The molecule has 2 nitrogen and oxygen atoms in total. The molecule has 0 aliphatic heterocycles. The second-order valence-corrected chi connectivity index (χ2v) is 3.19. The Bertz CT molecular complexity index is 93.8. The third kappa shape index (κ3) is 5.56. The fourth-order valence-corrected chi connectivity index (χ4v) is 1.12. The molecule has 0 saturated carbocycles. The average Bonchev–Trinajstić information content (AvgIpc) is 2.10. The van der Waals surface area contributed by atoms with Crippen LogP contribution < -0.4 is 0 Å². The smallest absolute Gasteiger partial charge is 0.0831 e. The lowest BCUT2D eigenvalue weighted by molar-refractivity contribution is 0.00978. The van der Waals surface area contributed by atoms with Gasteiger partial charge in [-0.2, -0.15) is 0 Å². The number of hydrogen-bond donors (Lipinski definition) is 1. The van der Waals surface area contributed by atoms with Crippen molar-refractivity contribution in [2.24, 2.45) is 0 Å². The normalized spacial score (nSPS) is 16.0. The lowest BCUT2D eigenvalue weighted by atomic mass is 10.1. The van der Waals surface area contributed by atoms with Crippen LogP contribution in [-0.4, -0.2) is 24.4 Å². The number of ether oxygens (including phenoxy) is 1. The van der Waals surface area contributed by atoms with Crippen LogP contribution in [0.5, 0.6) is 0 Å². The fraction of sp³-hybridized carbons (Fsp3) is 0.900. The van der Waals surface area contributed by atoms with Crippen molar-refractivity contribution in [3.8, 4) is 0 Å². The lowest BCUT2D eigenvalue weighted by Gasteiger charge is -2.16. The van der Waals surface area contributed by atoms with Crippen LogP contribution in [0.25, 0.3) is 0 Å². The van der Waals surface area contributed by atoms with E-state index in [4.69, 9.17) is 4.74 Å². The first-order valence-electron chi connectivity index (χ1n) is 4.76. The Morgan fingerprint density at radius 2 is 2.00 bits per heavy atom. The number of aliphatic hydroxyl groups excluding tert-OH is 1. The van der Waals surface area contributed by atoms with Gasteiger partial charge in [0.25, 0.3) is 0 Å². The van der Waals surface area contributed by atoms with Gasteiger partial charge in [0.1, 0.15) is 0 Å². The molecule has 0 aliphatic carbocycles. The van der Waals surface area contributed by atoms with E-state index in [1.807, 2.05) is 0 Å². The van der Waals surface area contributed by atoms with Crippen molar-refractivity contribution in [2.75, 3.05) is 7.11 Å². The maximum absolute atomic E-state index is 9.43. The number of methoxy groups -OCH3 is 1. The summed E-state index contributed by atoms with van der Waals surface area (Å²) in [5.74, 6) is 0. The highest BCUT2D eigenvalue weighted by Gasteiger charge is 2.11. The molecule has 2 unspecified atom stereocenters. The SMILES string of the molecule is [CH2]C(OC)C(O)CCCCCC. The standard InChI is InChI=1S/C10H21O2/c1-4-5-6-7-8-10(11)9(2)12-3/h9-11H,2,4-8H2,1,3H3. The van der Waals surface area contributed by atoms with E-state index in [0.29, 0.717) is 0 Å². The molecule has 2 atom stereocenters. The first-order chi connectivity index (χ1) is 5.72. The molecule has 0 saturated heterocycles. The van der Waals surface area contributed by atoms with E-state index < -0.39 is 6.10 Å². The van der Waals surface area contributed by atoms with Crippen LogP contribution in [0.2, 0.25) is 0 Å². The second-order valence-electron chi connectivity index (χ2n) is 3.19. The number of unbranched alkanes of at least 4 members (excludes halogenated alkanes) is 3. The predicted molar refractivity (Wildman–Crippen MR) is 50.9 cm³/mol. The zero-order valence-electron chi connectivity index (χ0n) is 8.25. The molecule has 73 valence electrons. The van der Waals surface area contributed by atoms with Crippen molar-refractivity contribution in [1.82, 2.24) is 0 Å². The second kappa shape index (κ2) is 7.56. The highest BCUT2D eigenvalue weighted by molar-refractivity contribution is 4.70. The van der Waals surface area contributed by atoms with E-state index in [1.165, 1.54) is 19.3 Å². The highest BCUT2D eigenvalue weighted by atomic mass is 16.5. The van der Waals surface area contributed by atoms with Gasteiger partial charge in [0, 0.05) is 7.11 Å². The first-order valence-corrected chi connectivity index (χ1v) is 4.76. The molecule has 0 bridgehead atoms. The Kier molecular flexibility index (Phi) is 7.51. The van der Waals surface area contributed by atoms with E-state index in [-0.39, 0.29) is 6.10 Å². The van der Waals surface area contributed by atoms with Gasteiger partial charge in [-0.25, -0.2) is 0 Å². The van der Waals surface area contributed by atoms with Gasteiger partial charge < -0.3 is 9.84 Å². The molecule has 0 heterocycles. The van der Waals surface area contributed by atoms with Crippen molar-refractivity contribution < 1.29 is 9.84 Å². The van der Waals surface area contributed by atoms with E-state index in [2.05, 4.69) is 13.8 Å². The monoisotopic (exact) mass is 173 g/mol. The molecule has 12 heavy (non-hydrogen) atoms. The number of hydrogen-bond acceptors (Lipinski definition) is 2. The Morgan fingerprint density at radius 1 is 1.33 bits per heavy atom. The van der Waals surface area contributed by atoms with Gasteiger partial charge in [0.05, 0.1) is 12.2 Å². The molecule has 0 rings (SSSR count). The average molecular weight is 173 g/mol. The summed E-state index contributed by atoms with van der Waals surface area (Å²) in [5, 5.41) is 9.43. The zero-order chi connectivity index (χ0) is 9.40. The molecule has 0 amide bonds. The Morgan fingerprint density at radius 3 is 2.50 bits per heavy atom. The zero-order valence-corrected chi connectivity index (χ0v) is 8.25. The predicted octanol–water partition coefficient (Wildman–Crippen LogP) is 2.17. The maximum Gasteiger partial charge on any atom is 0.0831 e. The molecular weight excluding hydrogens is 152 g/mol. The fourth-order valence-electron chi connectivity index (χ4n) is 1.12.